The fourth-order valence-corrected chi connectivity index (χ4v) is 4.50. The van der Waals surface area contributed by atoms with E-state index in [-0.39, 0.29) is 18.0 Å². The van der Waals surface area contributed by atoms with Gasteiger partial charge in [-0.05, 0) is 60.0 Å². The molecular formula is C23H24N2O4S. The first-order valence-electron chi connectivity index (χ1n) is 9.51. The maximum absolute atomic E-state index is 13.4. The van der Waals surface area contributed by atoms with Crippen LogP contribution in [-0.4, -0.2) is 38.8 Å². The van der Waals surface area contributed by atoms with Crippen LogP contribution in [0.25, 0.3) is 12.2 Å². The van der Waals surface area contributed by atoms with Gasteiger partial charge in [0.1, 0.15) is 5.75 Å². The van der Waals surface area contributed by atoms with Gasteiger partial charge in [-0.3, -0.25) is 9.29 Å². The summed E-state index contributed by atoms with van der Waals surface area (Å²) in [5, 5.41) is 9.33. The van der Waals surface area contributed by atoms with E-state index in [1.807, 2.05) is 36.4 Å². The Morgan fingerprint density at radius 3 is 2.37 bits per heavy atom. The molecular weight excluding hydrogens is 400 g/mol. The van der Waals surface area contributed by atoms with E-state index in [0.29, 0.717) is 17.9 Å². The molecule has 0 fully saturated rings. The number of nitrogens with zero attached hydrogens (tertiary/aromatic N) is 2. The molecule has 0 aliphatic carbocycles. The number of ether oxygens (including phenoxy) is 1. The summed E-state index contributed by atoms with van der Waals surface area (Å²) in [5.74, 6) is 0.580. The largest absolute Gasteiger partial charge is 0.497 e. The van der Waals surface area contributed by atoms with Crippen LogP contribution in [0.5, 0.6) is 5.75 Å². The molecule has 1 aromatic heterocycles. The number of aliphatic hydroxyl groups excluding tert-OH is 1. The number of benzene rings is 2. The number of methoxy groups -OCH3 is 1. The van der Waals surface area contributed by atoms with Gasteiger partial charge in [0.25, 0.3) is 10.0 Å². The lowest BCUT2D eigenvalue weighted by Crippen LogP contribution is -2.33. The first-order valence-corrected chi connectivity index (χ1v) is 10.9. The average molecular weight is 425 g/mol. The molecule has 0 spiro atoms. The fraction of sp³-hybridized carbons (Fsp3) is 0.174. The molecule has 0 bridgehead atoms. The van der Waals surface area contributed by atoms with Gasteiger partial charge in [0.2, 0.25) is 0 Å². The standard InChI is InChI=1S/C23H24N2O4S/c1-29-21-9-11-22(12-10-21)30(27,28)25(17-4-18-26)23-6-3-2-5-20(23)8-7-19-13-15-24-16-14-19/h2-3,5-16,26H,4,17-18H2,1H3/b8-7+. The molecule has 0 amide bonds. The fourth-order valence-electron chi connectivity index (χ4n) is 2.98. The maximum atomic E-state index is 13.4. The summed E-state index contributed by atoms with van der Waals surface area (Å²) < 4.78 is 33.3. The number of rotatable bonds is 9. The molecule has 0 saturated heterocycles. The Hall–Kier alpha value is -3.16. The van der Waals surface area contributed by atoms with Gasteiger partial charge in [-0.2, -0.15) is 0 Å². The van der Waals surface area contributed by atoms with Gasteiger partial charge in [0.05, 0.1) is 17.7 Å². The van der Waals surface area contributed by atoms with Crippen molar-refractivity contribution in [3.05, 3.63) is 84.2 Å². The number of aromatic nitrogens is 1. The summed E-state index contributed by atoms with van der Waals surface area (Å²) in [6.07, 6.45) is 7.50. The Labute approximate surface area is 177 Å². The van der Waals surface area contributed by atoms with Crippen LogP contribution in [0.1, 0.15) is 17.5 Å². The van der Waals surface area contributed by atoms with E-state index in [1.165, 1.54) is 23.5 Å². The third-order valence-electron chi connectivity index (χ3n) is 4.53. The number of para-hydroxylation sites is 1. The van der Waals surface area contributed by atoms with Gasteiger partial charge in [-0.1, -0.05) is 30.4 Å². The molecule has 1 N–H and O–H groups in total. The predicted octanol–water partition coefficient (Wildman–Crippen LogP) is 3.84. The molecule has 6 nitrogen and oxygen atoms in total. The lowest BCUT2D eigenvalue weighted by atomic mass is 10.1. The molecule has 0 aliphatic heterocycles. The van der Waals surface area contributed by atoms with E-state index in [0.717, 1.165) is 11.1 Å². The highest BCUT2D eigenvalue weighted by atomic mass is 32.2. The molecule has 0 atom stereocenters. The lowest BCUT2D eigenvalue weighted by Gasteiger charge is -2.26. The summed E-state index contributed by atoms with van der Waals surface area (Å²) in [6, 6.07) is 17.3. The second-order valence-electron chi connectivity index (χ2n) is 6.50. The van der Waals surface area contributed by atoms with E-state index in [1.54, 1.807) is 36.7 Å². The Morgan fingerprint density at radius 2 is 1.70 bits per heavy atom. The maximum Gasteiger partial charge on any atom is 0.264 e. The van der Waals surface area contributed by atoms with Crippen molar-refractivity contribution < 1.29 is 18.3 Å². The van der Waals surface area contributed by atoms with Crippen LogP contribution in [0.3, 0.4) is 0 Å². The zero-order chi connectivity index (χ0) is 21.4. The number of anilines is 1. The number of hydrogen-bond acceptors (Lipinski definition) is 5. The summed E-state index contributed by atoms with van der Waals surface area (Å²) >= 11 is 0. The normalized spacial score (nSPS) is 11.5. The van der Waals surface area contributed by atoms with E-state index in [4.69, 9.17) is 4.74 Å². The van der Waals surface area contributed by atoms with Crippen LogP contribution in [0, 0.1) is 0 Å². The Bertz CT molecular complexity index is 1080. The van der Waals surface area contributed by atoms with Crippen molar-refractivity contribution in [2.24, 2.45) is 0 Å². The van der Waals surface area contributed by atoms with Crippen molar-refractivity contribution in [3.63, 3.8) is 0 Å². The third kappa shape index (κ3) is 5.06. The quantitative estimate of drug-likeness (QED) is 0.565. The Morgan fingerprint density at radius 1 is 1.00 bits per heavy atom. The van der Waals surface area contributed by atoms with Gasteiger partial charge in [0.15, 0.2) is 0 Å². The van der Waals surface area contributed by atoms with Crippen molar-refractivity contribution in [1.82, 2.24) is 4.98 Å². The number of hydrogen-bond donors (Lipinski definition) is 1. The molecule has 2 aromatic carbocycles. The van der Waals surface area contributed by atoms with Crippen molar-refractivity contribution in [2.75, 3.05) is 24.6 Å². The van der Waals surface area contributed by atoms with Gasteiger partial charge in [-0.25, -0.2) is 8.42 Å². The van der Waals surface area contributed by atoms with Crippen molar-refractivity contribution in [3.8, 4) is 5.75 Å². The summed E-state index contributed by atoms with van der Waals surface area (Å²) in [6.45, 7) is 0.0502. The highest BCUT2D eigenvalue weighted by molar-refractivity contribution is 7.92. The topological polar surface area (TPSA) is 79.7 Å². The third-order valence-corrected chi connectivity index (χ3v) is 6.36. The van der Waals surface area contributed by atoms with Gasteiger partial charge < -0.3 is 9.84 Å². The second-order valence-corrected chi connectivity index (χ2v) is 8.36. The Balaban J connectivity index is 2.02. The minimum Gasteiger partial charge on any atom is -0.497 e. The summed E-state index contributed by atoms with van der Waals surface area (Å²) in [5.41, 5.74) is 2.26. The van der Waals surface area contributed by atoms with Crippen LogP contribution in [0.15, 0.2) is 78.0 Å². The zero-order valence-corrected chi connectivity index (χ0v) is 17.5. The van der Waals surface area contributed by atoms with Crippen molar-refractivity contribution in [1.29, 1.82) is 0 Å². The van der Waals surface area contributed by atoms with Crippen molar-refractivity contribution in [2.45, 2.75) is 11.3 Å². The molecule has 0 unspecified atom stereocenters. The zero-order valence-electron chi connectivity index (χ0n) is 16.7. The molecule has 1 heterocycles. The molecule has 0 aliphatic rings. The van der Waals surface area contributed by atoms with Crippen LogP contribution >= 0.6 is 0 Å². The highest BCUT2D eigenvalue weighted by Gasteiger charge is 2.26. The molecule has 7 heteroatoms. The smallest absolute Gasteiger partial charge is 0.264 e. The van der Waals surface area contributed by atoms with E-state index < -0.39 is 10.0 Å². The van der Waals surface area contributed by atoms with Crippen LogP contribution in [0.4, 0.5) is 5.69 Å². The van der Waals surface area contributed by atoms with Crippen molar-refractivity contribution >= 4 is 27.9 Å². The summed E-state index contributed by atoms with van der Waals surface area (Å²) in [7, 11) is -2.30. The van der Waals surface area contributed by atoms with Crippen LogP contribution in [-0.2, 0) is 10.0 Å². The molecule has 3 rings (SSSR count). The Kier molecular flexibility index (Phi) is 7.21. The monoisotopic (exact) mass is 424 g/mol. The molecule has 3 aromatic rings. The predicted molar refractivity (Wildman–Crippen MR) is 119 cm³/mol. The van der Waals surface area contributed by atoms with Gasteiger partial charge in [-0.15, -0.1) is 0 Å². The first kappa shape index (κ1) is 21.5. The van der Waals surface area contributed by atoms with E-state index in [2.05, 4.69) is 4.98 Å². The minimum atomic E-state index is -3.83. The van der Waals surface area contributed by atoms with Crippen LogP contribution in [0.2, 0.25) is 0 Å². The van der Waals surface area contributed by atoms with E-state index >= 15 is 0 Å². The first-order chi connectivity index (χ1) is 14.6. The lowest BCUT2D eigenvalue weighted by molar-refractivity contribution is 0.291. The SMILES string of the molecule is COc1ccc(S(=O)(=O)N(CCCO)c2ccccc2/C=C/c2ccncc2)cc1. The van der Waals surface area contributed by atoms with Crippen LogP contribution < -0.4 is 9.04 Å². The minimum absolute atomic E-state index is 0.107. The molecule has 156 valence electrons. The second kappa shape index (κ2) is 10.0. The molecule has 0 saturated carbocycles. The average Bonchev–Trinajstić information content (AvgIpc) is 2.79. The van der Waals surface area contributed by atoms with Gasteiger partial charge >= 0.3 is 0 Å². The van der Waals surface area contributed by atoms with Gasteiger partial charge in [0, 0.05) is 25.5 Å². The number of aliphatic hydroxyl groups is 1. The summed E-state index contributed by atoms with van der Waals surface area (Å²) in [4.78, 5) is 4.17. The highest BCUT2D eigenvalue weighted by Crippen LogP contribution is 2.29. The van der Waals surface area contributed by atoms with E-state index in [9.17, 15) is 13.5 Å². The molecule has 0 radical (unpaired) electrons. The molecule has 30 heavy (non-hydrogen) atoms. The number of pyridine rings is 1. The number of sulfonamides is 1.